The molecule has 6 nitrogen and oxygen atoms in total. The number of carbonyl (C=O) groups is 1. The molecule has 23 heavy (non-hydrogen) atoms. The van der Waals surface area contributed by atoms with Crippen LogP contribution in [0, 0.1) is 0 Å². The van der Waals surface area contributed by atoms with Gasteiger partial charge in [0.2, 0.25) is 5.95 Å². The summed E-state index contributed by atoms with van der Waals surface area (Å²) in [7, 11) is 0. The minimum absolute atomic E-state index is 0.108. The number of nitrogens with zero attached hydrogens (tertiary/aromatic N) is 3. The molecular weight excluding hydrogens is 290 g/mol. The van der Waals surface area contributed by atoms with Crippen molar-refractivity contribution in [2.24, 2.45) is 0 Å². The van der Waals surface area contributed by atoms with E-state index in [2.05, 4.69) is 25.5 Å². The third-order valence-electron chi connectivity index (χ3n) is 3.96. The standard InChI is InChI=1S/C17H21N5O/c23-17(20-13-14-5-2-1-3-6-14)21-15-7-11-22(12-8-15)16-18-9-4-10-19-16/h1-6,9-10,15H,7-8,11-13H2,(H2,20,21,23). The summed E-state index contributed by atoms with van der Waals surface area (Å²) >= 11 is 0. The average molecular weight is 311 g/mol. The van der Waals surface area contributed by atoms with Crippen molar-refractivity contribution in [3.05, 3.63) is 54.4 Å². The Morgan fingerprint density at radius 2 is 1.78 bits per heavy atom. The summed E-state index contributed by atoms with van der Waals surface area (Å²) in [4.78, 5) is 22.7. The molecule has 1 saturated heterocycles. The van der Waals surface area contributed by atoms with E-state index in [1.165, 1.54) is 0 Å². The zero-order valence-corrected chi connectivity index (χ0v) is 13.0. The third kappa shape index (κ3) is 4.42. The van der Waals surface area contributed by atoms with Crippen LogP contribution >= 0.6 is 0 Å². The summed E-state index contributed by atoms with van der Waals surface area (Å²) in [6.07, 6.45) is 5.31. The molecule has 0 aliphatic carbocycles. The molecule has 1 aromatic carbocycles. The number of piperidine rings is 1. The van der Waals surface area contributed by atoms with Gasteiger partial charge in [0.1, 0.15) is 0 Å². The second-order valence-electron chi connectivity index (χ2n) is 5.62. The van der Waals surface area contributed by atoms with Crippen LogP contribution in [0.1, 0.15) is 18.4 Å². The number of benzene rings is 1. The summed E-state index contributed by atoms with van der Waals surface area (Å²) in [5.74, 6) is 0.763. The number of rotatable bonds is 4. The SMILES string of the molecule is O=C(NCc1ccccc1)NC1CCN(c2ncccn2)CC1. The molecule has 2 amide bonds. The summed E-state index contributed by atoms with van der Waals surface area (Å²) in [6.45, 7) is 2.25. The van der Waals surface area contributed by atoms with Crippen LogP contribution in [0.4, 0.5) is 10.7 Å². The number of urea groups is 1. The number of hydrogen-bond donors (Lipinski definition) is 2. The Morgan fingerprint density at radius 1 is 1.09 bits per heavy atom. The Labute approximate surface area is 135 Å². The molecule has 6 heteroatoms. The predicted molar refractivity (Wildman–Crippen MR) is 89.1 cm³/mol. The number of carbonyl (C=O) groups excluding carboxylic acids is 1. The van der Waals surface area contributed by atoms with E-state index in [9.17, 15) is 4.79 Å². The number of anilines is 1. The van der Waals surface area contributed by atoms with Gasteiger partial charge >= 0.3 is 6.03 Å². The maximum absolute atomic E-state index is 12.0. The first-order valence-electron chi connectivity index (χ1n) is 7.91. The molecule has 0 radical (unpaired) electrons. The first-order chi connectivity index (χ1) is 11.3. The van der Waals surface area contributed by atoms with Crippen LogP contribution in [0.5, 0.6) is 0 Å². The van der Waals surface area contributed by atoms with Crippen molar-refractivity contribution in [2.75, 3.05) is 18.0 Å². The Kier molecular flexibility index (Phi) is 5.03. The molecular formula is C17H21N5O. The van der Waals surface area contributed by atoms with E-state index in [4.69, 9.17) is 0 Å². The van der Waals surface area contributed by atoms with Gasteiger partial charge in [0.25, 0.3) is 0 Å². The molecule has 1 aliphatic rings. The molecule has 1 aliphatic heterocycles. The molecule has 0 unspecified atom stereocenters. The molecule has 0 spiro atoms. The van der Waals surface area contributed by atoms with E-state index in [-0.39, 0.29) is 12.1 Å². The van der Waals surface area contributed by atoms with E-state index in [1.54, 1.807) is 12.4 Å². The Balaban J connectivity index is 1.41. The molecule has 0 saturated carbocycles. The van der Waals surface area contributed by atoms with E-state index in [0.29, 0.717) is 6.54 Å². The number of aromatic nitrogens is 2. The van der Waals surface area contributed by atoms with Gasteiger partial charge < -0.3 is 15.5 Å². The van der Waals surface area contributed by atoms with Crippen molar-refractivity contribution >= 4 is 12.0 Å². The summed E-state index contributed by atoms with van der Waals surface area (Å²) in [6, 6.07) is 11.8. The van der Waals surface area contributed by atoms with Gasteiger partial charge in [0.05, 0.1) is 0 Å². The maximum Gasteiger partial charge on any atom is 0.315 e. The van der Waals surface area contributed by atoms with Crippen molar-refractivity contribution in [1.82, 2.24) is 20.6 Å². The van der Waals surface area contributed by atoms with Crippen LogP contribution in [-0.2, 0) is 6.54 Å². The fourth-order valence-electron chi connectivity index (χ4n) is 2.69. The zero-order chi connectivity index (χ0) is 15.9. The highest BCUT2D eigenvalue weighted by molar-refractivity contribution is 5.74. The normalized spacial score (nSPS) is 15.2. The Hall–Kier alpha value is -2.63. The summed E-state index contributed by atoms with van der Waals surface area (Å²) in [5, 5.41) is 5.94. The first kappa shape index (κ1) is 15.3. The number of amides is 2. The van der Waals surface area contributed by atoms with Gasteiger partial charge in [0, 0.05) is 38.1 Å². The molecule has 0 bridgehead atoms. The minimum Gasteiger partial charge on any atom is -0.341 e. The van der Waals surface area contributed by atoms with Crippen LogP contribution in [0.3, 0.4) is 0 Å². The van der Waals surface area contributed by atoms with Crippen LogP contribution < -0.4 is 15.5 Å². The molecule has 2 heterocycles. The van der Waals surface area contributed by atoms with E-state index in [0.717, 1.165) is 37.4 Å². The lowest BCUT2D eigenvalue weighted by Gasteiger charge is -2.32. The average Bonchev–Trinajstić information content (AvgIpc) is 2.62. The minimum atomic E-state index is -0.108. The van der Waals surface area contributed by atoms with Gasteiger partial charge in [-0.3, -0.25) is 0 Å². The number of hydrogen-bond acceptors (Lipinski definition) is 4. The molecule has 120 valence electrons. The maximum atomic E-state index is 12.0. The smallest absolute Gasteiger partial charge is 0.315 e. The largest absolute Gasteiger partial charge is 0.341 e. The van der Waals surface area contributed by atoms with Gasteiger partial charge in [-0.1, -0.05) is 30.3 Å². The lowest BCUT2D eigenvalue weighted by atomic mass is 10.1. The fraction of sp³-hybridized carbons (Fsp3) is 0.353. The van der Waals surface area contributed by atoms with Crippen LogP contribution in [0.2, 0.25) is 0 Å². The third-order valence-corrected chi connectivity index (χ3v) is 3.96. The molecule has 3 rings (SSSR count). The van der Waals surface area contributed by atoms with E-state index < -0.39 is 0 Å². The highest BCUT2D eigenvalue weighted by Crippen LogP contribution is 2.15. The Bertz CT molecular complexity index is 611. The predicted octanol–water partition coefficient (Wildman–Crippen LogP) is 1.94. The summed E-state index contributed by atoms with van der Waals surface area (Å²) < 4.78 is 0. The van der Waals surface area contributed by atoms with Crippen molar-refractivity contribution < 1.29 is 4.79 Å². The van der Waals surface area contributed by atoms with Crippen molar-refractivity contribution in [2.45, 2.75) is 25.4 Å². The van der Waals surface area contributed by atoms with Gasteiger partial charge in [-0.15, -0.1) is 0 Å². The quantitative estimate of drug-likeness (QED) is 0.905. The molecule has 2 aromatic rings. The van der Waals surface area contributed by atoms with E-state index in [1.807, 2.05) is 36.4 Å². The monoisotopic (exact) mass is 311 g/mol. The van der Waals surface area contributed by atoms with E-state index >= 15 is 0 Å². The highest BCUT2D eigenvalue weighted by Gasteiger charge is 2.21. The van der Waals surface area contributed by atoms with Gasteiger partial charge in [-0.2, -0.15) is 0 Å². The first-order valence-corrected chi connectivity index (χ1v) is 7.91. The van der Waals surface area contributed by atoms with Crippen LogP contribution in [0.25, 0.3) is 0 Å². The molecule has 0 atom stereocenters. The second-order valence-corrected chi connectivity index (χ2v) is 5.62. The fourth-order valence-corrected chi connectivity index (χ4v) is 2.69. The van der Waals surface area contributed by atoms with Crippen molar-refractivity contribution in [1.29, 1.82) is 0 Å². The zero-order valence-electron chi connectivity index (χ0n) is 13.0. The lowest BCUT2D eigenvalue weighted by molar-refractivity contribution is 0.234. The van der Waals surface area contributed by atoms with Gasteiger partial charge in [-0.25, -0.2) is 14.8 Å². The Morgan fingerprint density at radius 3 is 2.48 bits per heavy atom. The van der Waals surface area contributed by atoms with Crippen LogP contribution in [0.15, 0.2) is 48.8 Å². The second kappa shape index (κ2) is 7.58. The topological polar surface area (TPSA) is 70.2 Å². The molecule has 1 fully saturated rings. The summed E-state index contributed by atoms with van der Waals surface area (Å²) in [5.41, 5.74) is 1.10. The van der Waals surface area contributed by atoms with Gasteiger partial charge in [0.15, 0.2) is 0 Å². The van der Waals surface area contributed by atoms with Crippen molar-refractivity contribution in [3.8, 4) is 0 Å². The van der Waals surface area contributed by atoms with Crippen LogP contribution in [-0.4, -0.2) is 35.1 Å². The van der Waals surface area contributed by atoms with Gasteiger partial charge in [-0.05, 0) is 24.5 Å². The molecule has 2 N–H and O–H groups in total. The number of nitrogens with one attached hydrogen (secondary N) is 2. The van der Waals surface area contributed by atoms with Crippen molar-refractivity contribution in [3.63, 3.8) is 0 Å². The highest BCUT2D eigenvalue weighted by atomic mass is 16.2. The molecule has 1 aromatic heterocycles. The lowest BCUT2D eigenvalue weighted by Crippen LogP contribution is -2.48.